The topological polar surface area (TPSA) is 26.3 Å². The van der Waals surface area contributed by atoms with E-state index in [1.807, 2.05) is 6.08 Å². The third kappa shape index (κ3) is 1.53. The number of hydrogen-bond acceptors (Lipinski definition) is 3. The fourth-order valence-electron chi connectivity index (χ4n) is 0.803. The molecule has 0 saturated carbocycles. The summed E-state index contributed by atoms with van der Waals surface area (Å²) in [6.07, 6.45) is 1.95. The number of hydrogen-bond donors (Lipinski definition) is 0. The van der Waals surface area contributed by atoms with Crippen LogP contribution in [0.5, 0.6) is 0 Å². The Hall–Kier alpha value is -0.440. The highest BCUT2D eigenvalue weighted by Crippen LogP contribution is 2.29. The zero-order valence-corrected chi connectivity index (χ0v) is 6.90. The summed E-state index contributed by atoms with van der Waals surface area (Å²) >= 11 is 1.57. The van der Waals surface area contributed by atoms with Crippen LogP contribution in [0.4, 0.5) is 0 Å². The van der Waals surface area contributed by atoms with Crippen molar-refractivity contribution in [1.29, 1.82) is 0 Å². The Balaban J connectivity index is 2.57. The first-order valence-electron chi connectivity index (χ1n) is 3.17. The molecule has 2 nitrogen and oxygen atoms in total. The first kappa shape index (κ1) is 7.66. The van der Waals surface area contributed by atoms with Gasteiger partial charge in [-0.3, -0.25) is 0 Å². The predicted molar refractivity (Wildman–Crippen MR) is 41.7 cm³/mol. The third-order valence-corrected chi connectivity index (χ3v) is 2.63. The SMILES string of the molecule is COC(=O)C1=C[C@H](C)CS1. The Morgan fingerprint density at radius 1 is 1.90 bits per heavy atom. The van der Waals surface area contributed by atoms with Crippen LogP contribution in [0.25, 0.3) is 0 Å². The Bertz CT molecular complexity index is 174. The van der Waals surface area contributed by atoms with Crippen molar-refractivity contribution in [2.24, 2.45) is 5.92 Å². The Morgan fingerprint density at radius 3 is 3.00 bits per heavy atom. The lowest BCUT2D eigenvalue weighted by molar-refractivity contribution is -0.135. The molecule has 0 bridgehead atoms. The van der Waals surface area contributed by atoms with Crippen LogP contribution in [0.1, 0.15) is 6.92 Å². The number of ether oxygens (including phenoxy) is 1. The van der Waals surface area contributed by atoms with E-state index in [1.54, 1.807) is 11.8 Å². The summed E-state index contributed by atoms with van der Waals surface area (Å²) in [5.41, 5.74) is 0. The lowest BCUT2D eigenvalue weighted by Crippen LogP contribution is -1.99. The summed E-state index contributed by atoms with van der Waals surface area (Å²) in [4.78, 5) is 11.6. The molecule has 0 spiro atoms. The van der Waals surface area contributed by atoms with Gasteiger partial charge in [-0.05, 0) is 5.92 Å². The van der Waals surface area contributed by atoms with Crippen molar-refractivity contribution < 1.29 is 9.53 Å². The molecule has 0 aromatic rings. The standard InChI is InChI=1S/C7H10O2S/c1-5-3-6(10-4-5)7(8)9-2/h3,5H,4H2,1-2H3/t5-/m0/s1. The maximum absolute atomic E-state index is 10.8. The first-order chi connectivity index (χ1) is 4.74. The molecule has 0 unspecified atom stereocenters. The number of allylic oxidation sites excluding steroid dienone is 1. The molecule has 10 heavy (non-hydrogen) atoms. The second-order valence-corrected chi connectivity index (χ2v) is 3.37. The number of rotatable bonds is 1. The maximum Gasteiger partial charge on any atom is 0.344 e. The average Bonchev–Trinajstić information content (AvgIpc) is 2.34. The summed E-state index contributed by atoms with van der Waals surface area (Å²) in [6.45, 7) is 2.09. The zero-order chi connectivity index (χ0) is 7.56. The minimum Gasteiger partial charge on any atom is -0.465 e. The Kier molecular flexibility index (Phi) is 2.38. The van der Waals surface area contributed by atoms with E-state index in [-0.39, 0.29) is 5.97 Å². The molecule has 0 aromatic carbocycles. The summed E-state index contributed by atoms with van der Waals surface area (Å²) < 4.78 is 4.55. The average molecular weight is 158 g/mol. The number of carbonyl (C=O) groups is 1. The largest absolute Gasteiger partial charge is 0.465 e. The third-order valence-electron chi connectivity index (χ3n) is 1.32. The molecule has 0 N–H and O–H groups in total. The fraction of sp³-hybridized carbons (Fsp3) is 0.571. The smallest absolute Gasteiger partial charge is 0.344 e. The van der Waals surface area contributed by atoms with Gasteiger partial charge in [-0.25, -0.2) is 4.79 Å². The monoisotopic (exact) mass is 158 g/mol. The zero-order valence-electron chi connectivity index (χ0n) is 6.09. The van der Waals surface area contributed by atoms with E-state index in [0.29, 0.717) is 5.92 Å². The van der Waals surface area contributed by atoms with Gasteiger partial charge in [0.15, 0.2) is 0 Å². The van der Waals surface area contributed by atoms with Crippen LogP contribution in [-0.4, -0.2) is 18.8 Å². The molecular formula is C7H10O2S. The summed E-state index contributed by atoms with van der Waals surface area (Å²) in [6, 6.07) is 0. The van der Waals surface area contributed by atoms with Crippen molar-refractivity contribution in [3.63, 3.8) is 0 Å². The molecule has 1 atom stereocenters. The van der Waals surface area contributed by atoms with Gasteiger partial charge in [0.25, 0.3) is 0 Å². The summed E-state index contributed by atoms with van der Waals surface area (Å²) in [5, 5.41) is 0. The molecule has 0 radical (unpaired) electrons. The highest BCUT2D eigenvalue weighted by molar-refractivity contribution is 8.04. The van der Waals surface area contributed by atoms with Crippen molar-refractivity contribution in [3.05, 3.63) is 11.0 Å². The Labute approximate surface area is 64.6 Å². The molecule has 0 fully saturated rings. The van der Waals surface area contributed by atoms with E-state index in [4.69, 9.17) is 0 Å². The molecule has 3 heteroatoms. The molecule has 1 aliphatic heterocycles. The van der Waals surface area contributed by atoms with Crippen molar-refractivity contribution >= 4 is 17.7 Å². The van der Waals surface area contributed by atoms with Crippen LogP contribution in [0, 0.1) is 5.92 Å². The van der Waals surface area contributed by atoms with Gasteiger partial charge >= 0.3 is 5.97 Å². The van der Waals surface area contributed by atoms with Crippen LogP contribution in [-0.2, 0) is 9.53 Å². The van der Waals surface area contributed by atoms with Crippen LogP contribution >= 0.6 is 11.8 Å². The predicted octanol–water partition coefficient (Wildman–Crippen LogP) is 1.43. The van der Waals surface area contributed by atoms with Crippen LogP contribution < -0.4 is 0 Å². The lowest BCUT2D eigenvalue weighted by Gasteiger charge is -1.95. The Morgan fingerprint density at radius 2 is 2.60 bits per heavy atom. The van der Waals surface area contributed by atoms with E-state index in [0.717, 1.165) is 10.7 Å². The van der Waals surface area contributed by atoms with Gasteiger partial charge in [0.2, 0.25) is 0 Å². The van der Waals surface area contributed by atoms with Gasteiger partial charge in [-0.15, -0.1) is 11.8 Å². The van der Waals surface area contributed by atoms with Gasteiger partial charge in [-0.1, -0.05) is 13.0 Å². The molecule has 1 rings (SSSR count). The second kappa shape index (κ2) is 3.10. The van der Waals surface area contributed by atoms with Gasteiger partial charge in [-0.2, -0.15) is 0 Å². The van der Waals surface area contributed by atoms with Crippen molar-refractivity contribution in [2.75, 3.05) is 12.9 Å². The minimum atomic E-state index is -0.200. The van der Waals surface area contributed by atoms with E-state index in [1.165, 1.54) is 7.11 Å². The van der Waals surface area contributed by atoms with Crippen LogP contribution in [0.3, 0.4) is 0 Å². The first-order valence-corrected chi connectivity index (χ1v) is 4.15. The lowest BCUT2D eigenvalue weighted by atomic mass is 10.2. The van der Waals surface area contributed by atoms with E-state index in [2.05, 4.69) is 11.7 Å². The fourth-order valence-corrected chi connectivity index (χ4v) is 1.87. The molecule has 1 aliphatic rings. The molecule has 56 valence electrons. The highest BCUT2D eigenvalue weighted by atomic mass is 32.2. The van der Waals surface area contributed by atoms with Crippen molar-refractivity contribution in [1.82, 2.24) is 0 Å². The minimum absolute atomic E-state index is 0.200. The molecule has 0 aliphatic carbocycles. The van der Waals surface area contributed by atoms with Crippen LogP contribution in [0.2, 0.25) is 0 Å². The number of esters is 1. The molecular weight excluding hydrogens is 148 g/mol. The van der Waals surface area contributed by atoms with Gasteiger partial charge in [0, 0.05) is 5.75 Å². The van der Waals surface area contributed by atoms with Gasteiger partial charge < -0.3 is 4.74 Å². The molecule has 0 aromatic heterocycles. The van der Waals surface area contributed by atoms with E-state index in [9.17, 15) is 4.79 Å². The van der Waals surface area contributed by atoms with E-state index < -0.39 is 0 Å². The second-order valence-electron chi connectivity index (χ2n) is 2.31. The number of carbonyl (C=O) groups excluding carboxylic acids is 1. The maximum atomic E-state index is 10.8. The molecule has 1 heterocycles. The number of thioether (sulfide) groups is 1. The molecule has 0 amide bonds. The number of methoxy groups -OCH3 is 1. The van der Waals surface area contributed by atoms with Crippen molar-refractivity contribution in [3.8, 4) is 0 Å². The summed E-state index contributed by atoms with van der Waals surface area (Å²) in [7, 11) is 1.41. The van der Waals surface area contributed by atoms with Gasteiger partial charge in [0.1, 0.15) is 0 Å². The molecule has 0 saturated heterocycles. The van der Waals surface area contributed by atoms with Crippen LogP contribution in [0.15, 0.2) is 11.0 Å². The van der Waals surface area contributed by atoms with Gasteiger partial charge in [0.05, 0.1) is 12.0 Å². The highest BCUT2D eigenvalue weighted by Gasteiger charge is 2.18. The van der Waals surface area contributed by atoms with Crippen molar-refractivity contribution in [2.45, 2.75) is 6.92 Å². The normalized spacial score (nSPS) is 24.2. The quantitative estimate of drug-likeness (QED) is 0.540. The summed E-state index contributed by atoms with van der Waals surface area (Å²) in [5.74, 6) is 1.32. The van der Waals surface area contributed by atoms with E-state index >= 15 is 0 Å².